The van der Waals surface area contributed by atoms with Gasteiger partial charge in [-0.15, -0.1) is 0 Å². The summed E-state index contributed by atoms with van der Waals surface area (Å²) in [5, 5.41) is 7.24. The van der Waals surface area contributed by atoms with Crippen LogP contribution in [-0.4, -0.2) is 70.3 Å². The van der Waals surface area contributed by atoms with E-state index in [0.717, 1.165) is 18.5 Å². The highest BCUT2D eigenvalue weighted by Crippen LogP contribution is 2.35. The topological polar surface area (TPSA) is 162 Å². The van der Waals surface area contributed by atoms with Gasteiger partial charge in [-0.3, -0.25) is 4.79 Å². The maximum atomic E-state index is 15.2. The van der Waals surface area contributed by atoms with Crippen LogP contribution in [0.4, 0.5) is 27.4 Å². The summed E-state index contributed by atoms with van der Waals surface area (Å²) in [6.07, 6.45) is 8.39. The molecule has 14 heteroatoms. The number of nitrogens with zero attached hydrogens (tertiary/aromatic N) is 6. The third-order valence-corrected chi connectivity index (χ3v) is 7.01. The number of hydrogen-bond donors (Lipinski definition) is 3. The fraction of sp³-hybridized carbons (Fsp3) is 0.226. The second-order valence-electron chi connectivity index (χ2n) is 9.87. The first-order valence-electron chi connectivity index (χ1n) is 14.0. The molecule has 5 rings (SSSR count). The Kier molecular flexibility index (Phi) is 9.62. The number of rotatable bonds is 11. The van der Waals surface area contributed by atoms with Gasteiger partial charge in [-0.1, -0.05) is 6.58 Å². The Balaban J connectivity index is 1.29. The van der Waals surface area contributed by atoms with Crippen LogP contribution in [0.2, 0.25) is 0 Å². The number of amides is 1. The number of carbonyl (C=O) groups is 1. The molecule has 4 N–H and O–H groups in total. The van der Waals surface area contributed by atoms with Gasteiger partial charge in [-0.25, -0.2) is 29.3 Å². The van der Waals surface area contributed by atoms with E-state index in [1.807, 2.05) is 6.07 Å². The third kappa shape index (κ3) is 7.60. The van der Waals surface area contributed by atoms with Gasteiger partial charge in [0.15, 0.2) is 11.7 Å². The summed E-state index contributed by atoms with van der Waals surface area (Å²) in [4.78, 5) is 34.5. The van der Waals surface area contributed by atoms with Gasteiger partial charge in [-0.2, -0.15) is 0 Å². The highest BCUT2D eigenvalue weighted by molar-refractivity contribution is 5.95. The molecule has 0 radical (unpaired) electrons. The average molecular weight is 614 g/mol. The van der Waals surface area contributed by atoms with Crippen LogP contribution in [0.1, 0.15) is 12.8 Å². The van der Waals surface area contributed by atoms with Gasteiger partial charge in [0.05, 0.1) is 31.1 Å². The van der Waals surface area contributed by atoms with Gasteiger partial charge >= 0.3 is 0 Å². The zero-order valence-corrected chi connectivity index (χ0v) is 24.7. The number of aliphatic imine (C=N–C) groups is 1. The summed E-state index contributed by atoms with van der Waals surface area (Å²) >= 11 is 0. The maximum absolute atomic E-state index is 15.2. The number of methoxy groups -OCH3 is 2. The summed E-state index contributed by atoms with van der Waals surface area (Å²) < 4.78 is 31.4. The Labute approximate surface area is 258 Å². The van der Waals surface area contributed by atoms with Crippen molar-refractivity contribution in [2.45, 2.75) is 18.9 Å². The molecule has 1 aliphatic rings. The van der Waals surface area contributed by atoms with Crippen LogP contribution < -0.4 is 30.6 Å². The smallest absolute Gasteiger partial charge is 0.245 e. The number of fused-ring (bicyclic) bond motifs is 1. The quantitative estimate of drug-likeness (QED) is 0.124. The number of aromatic nitrogens is 4. The van der Waals surface area contributed by atoms with Crippen LogP contribution in [0.5, 0.6) is 17.4 Å². The van der Waals surface area contributed by atoms with Crippen molar-refractivity contribution in [3.63, 3.8) is 0 Å². The molecule has 0 aliphatic carbocycles. The summed E-state index contributed by atoms with van der Waals surface area (Å²) in [6.45, 7) is 4.82. The molecule has 0 unspecified atom stereocenters. The fourth-order valence-corrected chi connectivity index (χ4v) is 4.72. The highest BCUT2D eigenvalue weighted by atomic mass is 19.1. The average Bonchev–Trinajstić information content (AvgIpc) is 3.06. The van der Waals surface area contributed by atoms with Gasteiger partial charge in [-0.05, 0) is 37.1 Å². The number of halogens is 1. The van der Waals surface area contributed by atoms with Crippen LogP contribution in [0.3, 0.4) is 0 Å². The van der Waals surface area contributed by atoms with Crippen molar-refractivity contribution in [3.05, 3.63) is 79.5 Å². The molecule has 0 bridgehead atoms. The number of carbonyl (C=O) groups excluding carboxylic acids is 1. The molecule has 1 amide bonds. The van der Waals surface area contributed by atoms with Crippen molar-refractivity contribution in [2.75, 3.05) is 37.9 Å². The van der Waals surface area contributed by atoms with Crippen molar-refractivity contribution >= 4 is 46.0 Å². The minimum Gasteiger partial charge on any atom is -0.495 e. The SMILES string of the molecule is C=CC(=O)N1CCC(Nc2cc3c(Nc4ccc(O/C(N)=C/C=N/c5cc(OC)ncn5)cc4F)ncnc3cc2OC)CC1. The minimum absolute atomic E-state index is 0.00590. The van der Waals surface area contributed by atoms with Crippen molar-refractivity contribution in [3.8, 4) is 17.4 Å². The van der Waals surface area contributed by atoms with Crippen LogP contribution in [0, 0.1) is 5.82 Å². The van der Waals surface area contributed by atoms with Crippen molar-refractivity contribution in [1.29, 1.82) is 0 Å². The number of likely N-dealkylation sites (tertiary alicyclic amines) is 1. The first-order valence-corrected chi connectivity index (χ1v) is 14.0. The fourth-order valence-electron chi connectivity index (χ4n) is 4.72. The molecule has 0 spiro atoms. The number of allylic oxidation sites excluding steroid dienone is 1. The predicted molar refractivity (Wildman–Crippen MR) is 169 cm³/mol. The second kappa shape index (κ2) is 14.1. The highest BCUT2D eigenvalue weighted by Gasteiger charge is 2.23. The van der Waals surface area contributed by atoms with E-state index in [1.54, 1.807) is 30.2 Å². The summed E-state index contributed by atoms with van der Waals surface area (Å²) in [5.41, 5.74) is 7.46. The van der Waals surface area contributed by atoms with Crippen LogP contribution in [-0.2, 0) is 4.79 Å². The lowest BCUT2D eigenvalue weighted by molar-refractivity contribution is -0.126. The van der Waals surface area contributed by atoms with E-state index >= 15 is 4.39 Å². The van der Waals surface area contributed by atoms with Crippen LogP contribution in [0.25, 0.3) is 10.9 Å². The predicted octanol–water partition coefficient (Wildman–Crippen LogP) is 4.49. The van der Waals surface area contributed by atoms with Gasteiger partial charge in [0.1, 0.15) is 35.8 Å². The molecule has 0 atom stereocenters. The molecule has 232 valence electrons. The monoisotopic (exact) mass is 613 g/mol. The molecule has 2 aromatic carbocycles. The first kappa shape index (κ1) is 30.7. The molecule has 1 aliphatic heterocycles. The Morgan fingerprint density at radius 1 is 1.07 bits per heavy atom. The Bertz CT molecular complexity index is 1760. The van der Waals surface area contributed by atoms with E-state index in [-0.39, 0.29) is 29.3 Å². The van der Waals surface area contributed by atoms with Gasteiger partial charge < -0.3 is 35.5 Å². The van der Waals surface area contributed by atoms with Gasteiger partial charge in [0.2, 0.25) is 11.8 Å². The third-order valence-electron chi connectivity index (χ3n) is 7.01. The van der Waals surface area contributed by atoms with Gasteiger partial charge in [0, 0.05) is 55.0 Å². The second-order valence-corrected chi connectivity index (χ2v) is 9.87. The Hall–Kier alpha value is -5.79. The molecule has 2 aromatic heterocycles. The lowest BCUT2D eigenvalue weighted by Gasteiger charge is -2.32. The van der Waals surface area contributed by atoms with Crippen LogP contribution >= 0.6 is 0 Å². The summed E-state index contributed by atoms with van der Waals surface area (Å²) in [5.74, 6) is 1.29. The van der Waals surface area contributed by atoms with E-state index in [0.29, 0.717) is 47.3 Å². The zero-order valence-electron chi connectivity index (χ0n) is 24.7. The Morgan fingerprint density at radius 2 is 1.87 bits per heavy atom. The normalized spacial score (nSPS) is 13.9. The standard InChI is InChI=1S/C31H32FN9O4/c1-4-30(42)41-11-8-19(9-12-41)39-25-14-21-24(15-26(25)43-2)35-17-38-31(21)40-23-6-5-20(13-22(23)32)45-27(33)7-10-34-28-16-29(44-3)37-18-36-28/h4-7,10,13-19,39H,1,8-9,11-12,33H2,2-3H3,(H,35,38,40)/b27-7+,34-10+. The van der Waals surface area contributed by atoms with Crippen molar-refractivity contribution < 1.29 is 23.4 Å². The first-order chi connectivity index (χ1) is 21.9. The number of benzene rings is 2. The maximum Gasteiger partial charge on any atom is 0.245 e. The molecule has 3 heterocycles. The van der Waals surface area contributed by atoms with Gasteiger partial charge in [0.25, 0.3) is 0 Å². The Morgan fingerprint density at radius 3 is 2.60 bits per heavy atom. The zero-order chi connectivity index (χ0) is 31.8. The number of anilines is 3. The van der Waals surface area contributed by atoms with Crippen LogP contribution in [0.15, 0.2) is 78.7 Å². The molecule has 0 saturated carbocycles. The molecular formula is C31H32FN9O4. The van der Waals surface area contributed by atoms with E-state index in [2.05, 4.69) is 42.1 Å². The number of piperidine rings is 1. The lowest BCUT2D eigenvalue weighted by Crippen LogP contribution is -2.41. The molecule has 1 saturated heterocycles. The summed E-state index contributed by atoms with van der Waals surface area (Å²) in [7, 11) is 3.08. The van der Waals surface area contributed by atoms with Crippen molar-refractivity contribution in [2.24, 2.45) is 10.7 Å². The van der Waals surface area contributed by atoms with E-state index in [4.69, 9.17) is 19.9 Å². The van der Waals surface area contributed by atoms with E-state index in [9.17, 15) is 4.79 Å². The number of hydrogen-bond acceptors (Lipinski definition) is 12. The van der Waals surface area contributed by atoms with E-state index in [1.165, 1.54) is 50.3 Å². The lowest BCUT2D eigenvalue weighted by atomic mass is 10.0. The molecule has 13 nitrogen and oxygen atoms in total. The number of nitrogens with one attached hydrogen (secondary N) is 2. The molecular weight excluding hydrogens is 581 g/mol. The molecule has 1 fully saturated rings. The molecule has 4 aromatic rings. The summed E-state index contributed by atoms with van der Waals surface area (Å²) in [6, 6.07) is 9.65. The largest absolute Gasteiger partial charge is 0.495 e. The van der Waals surface area contributed by atoms with E-state index < -0.39 is 5.82 Å². The number of nitrogens with two attached hydrogens (primary N) is 1. The number of ether oxygens (including phenoxy) is 3. The molecule has 45 heavy (non-hydrogen) atoms. The minimum atomic E-state index is -0.582. The van der Waals surface area contributed by atoms with Crippen molar-refractivity contribution in [1.82, 2.24) is 24.8 Å².